The van der Waals surface area contributed by atoms with Gasteiger partial charge in [-0.05, 0) is 62.6 Å². The smallest absolute Gasteiger partial charge is 0.221 e. The first kappa shape index (κ1) is 17.0. The molecule has 1 aliphatic carbocycles. The van der Waals surface area contributed by atoms with Gasteiger partial charge in [-0.25, -0.2) is 0 Å². The summed E-state index contributed by atoms with van der Waals surface area (Å²) in [5.74, 6) is 0.138. The molecule has 0 fully saturated rings. The van der Waals surface area contributed by atoms with Gasteiger partial charge in [0.2, 0.25) is 5.91 Å². The molecule has 1 amide bonds. The summed E-state index contributed by atoms with van der Waals surface area (Å²) in [6, 6.07) is 7.44. The van der Waals surface area contributed by atoms with E-state index in [1.165, 1.54) is 42.4 Å². The van der Waals surface area contributed by atoms with Gasteiger partial charge < -0.3 is 10.6 Å². The Morgan fingerprint density at radius 3 is 2.64 bits per heavy atom. The molecule has 1 aromatic rings. The molecule has 2 rings (SSSR count). The van der Waals surface area contributed by atoms with E-state index in [2.05, 4.69) is 42.7 Å². The van der Waals surface area contributed by atoms with Crippen LogP contribution in [-0.4, -0.2) is 18.5 Å². The van der Waals surface area contributed by atoms with Crippen molar-refractivity contribution in [3.8, 4) is 0 Å². The molecule has 3 nitrogen and oxygen atoms in total. The highest BCUT2D eigenvalue weighted by Gasteiger charge is 2.12. The second-order valence-electron chi connectivity index (χ2n) is 6.54. The Balaban J connectivity index is 1.80. The lowest BCUT2D eigenvalue weighted by Gasteiger charge is -2.20. The van der Waals surface area contributed by atoms with Crippen molar-refractivity contribution in [1.29, 1.82) is 0 Å². The molecule has 0 saturated heterocycles. The molecule has 2 atom stereocenters. The maximum absolute atomic E-state index is 11.8. The molecule has 1 aromatic carbocycles. The van der Waals surface area contributed by atoms with Gasteiger partial charge in [-0.1, -0.05) is 25.1 Å². The SMILES string of the molecule is CCC(C)NC(=O)CCNC(C)c1ccc2c(c1)CCCC2. The Morgan fingerprint density at radius 2 is 1.91 bits per heavy atom. The Hall–Kier alpha value is -1.35. The number of fused-ring (bicyclic) bond motifs is 1. The van der Waals surface area contributed by atoms with Gasteiger partial charge in [0, 0.05) is 25.0 Å². The molecule has 0 radical (unpaired) electrons. The summed E-state index contributed by atoms with van der Waals surface area (Å²) in [6.07, 6.45) is 6.60. The second-order valence-corrected chi connectivity index (χ2v) is 6.54. The molecule has 0 heterocycles. The summed E-state index contributed by atoms with van der Waals surface area (Å²) in [5, 5.41) is 6.47. The third-order valence-corrected chi connectivity index (χ3v) is 4.69. The van der Waals surface area contributed by atoms with Crippen LogP contribution in [0.25, 0.3) is 0 Å². The number of rotatable bonds is 7. The summed E-state index contributed by atoms with van der Waals surface area (Å²) in [6.45, 7) is 7.03. The minimum Gasteiger partial charge on any atom is -0.354 e. The Kier molecular flexibility index (Phi) is 6.44. The van der Waals surface area contributed by atoms with E-state index in [-0.39, 0.29) is 11.9 Å². The van der Waals surface area contributed by atoms with Crippen LogP contribution in [0.4, 0.5) is 0 Å². The molecule has 2 unspecified atom stereocenters. The fourth-order valence-electron chi connectivity index (χ4n) is 2.99. The van der Waals surface area contributed by atoms with Crippen LogP contribution in [0.15, 0.2) is 18.2 Å². The third-order valence-electron chi connectivity index (χ3n) is 4.69. The lowest BCUT2D eigenvalue weighted by molar-refractivity contribution is -0.121. The Bertz CT molecular complexity index is 498. The normalized spacial score (nSPS) is 16.7. The molecule has 2 N–H and O–H groups in total. The van der Waals surface area contributed by atoms with Crippen LogP contribution >= 0.6 is 0 Å². The van der Waals surface area contributed by atoms with Crippen molar-refractivity contribution in [3.63, 3.8) is 0 Å². The van der Waals surface area contributed by atoms with Crippen molar-refractivity contribution in [2.45, 2.75) is 71.4 Å². The zero-order valence-corrected chi connectivity index (χ0v) is 14.2. The van der Waals surface area contributed by atoms with Gasteiger partial charge in [-0.2, -0.15) is 0 Å². The number of carbonyl (C=O) groups excluding carboxylic acids is 1. The van der Waals surface area contributed by atoms with Gasteiger partial charge in [-0.15, -0.1) is 0 Å². The van der Waals surface area contributed by atoms with Gasteiger partial charge in [0.1, 0.15) is 0 Å². The molecule has 0 bridgehead atoms. The van der Waals surface area contributed by atoms with E-state index < -0.39 is 0 Å². The summed E-state index contributed by atoms with van der Waals surface area (Å²) >= 11 is 0. The molecule has 122 valence electrons. The van der Waals surface area contributed by atoms with Crippen molar-refractivity contribution in [2.75, 3.05) is 6.54 Å². The molecule has 0 aliphatic heterocycles. The van der Waals surface area contributed by atoms with Gasteiger partial charge in [0.15, 0.2) is 0 Å². The maximum Gasteiger partial charge on any atom is 0.221 e. The predicted octanol–water partition coefficient (Wildman–Crippen LogP) is 3.52. The third kappa shape index (κ3) is 4.84. The molecule has 0 saturated carbocycles. The molecular weight excluding hydrogens is 272 g/mol. The van der Waals surface area contributed by atoms with Crippen molar-refractivity contribution < 1.29 is 4.79 Å². The van der Waals surface area contributed by atoms with Crippen molar-refractivity contribution in [2.24, 2.45) is 0 Å². The van der Waals surface area contributed by atoms with Crippen molar-refractivity contribution in [3.05, 3.63) is 34.9 Å². The van der Waals surface area contributed by atoms with Crippen LogP contribution in [0.1, 0.15) is 69.2 Å². The fourth-order valence-corrected chi connectivity index (χ4v) is 2.99. The van der Waals surface area contributed by atoms with Crippen LogP contribution in [0, 0.1) is 0 Å². The largest absolute Gasteiger partial charge is 0.354 e. The van der Waals surface area contributed by atoms with Crippen molar-refractivity contribution >= 4 is 5.91 Å². The first-order chi connectivity index (χ1) is 10.6. The lowest BCUT2D eigenvalue weighted by Crippen LogP contribution is -2.34. The number of hydrogen-bond acceptors (Lipinski definition) is 2. The number of carbonyl (C=O) groups is 1. The summed E-state index contributed by atoms with van der Waals surface area (Å²) < 4.78 is 0. The van der Waals surface area contributed by atoms with E-state index in [4.69, 9.17) is 0 Å². The number of hydrogen-bond donors (Lipinski definition) is 2. The van der Waals surface area contributed by atoms with Crippen LogP contribution in [-0.2, 0) is 17.6 Å². The second kappa shape index (κ2) is 8.33. The van der Waals surface area contributed by atoms with E-state index in [1.807, 2.05) is 6.92 Å². The van der Waals surface area contributed by atoms with Crippen LogP contribution in [0.2, 0.25) is 0 Å². The molecule has 0 aromatic heterocycles. The van der Waals surface area contributed by atoms with Gasteiger partial charge >= 0.3 is 0 Å². The maximum atomic E-state index is 11.8. The van der Waals surface area contributed by atoms with Gasteiger partial charge in [0.05, 0.1) is 0 Å². The Labute approximate surface area is 134 Å². The van der Waals surface area contributed by atoms with Crippen molar-refractivity contribution in [1.82, 2.24) is 10.6 Å². The molecule has 22 heavy (non-hydrogen) atoms. The molecular formula is C19H30N2O. The van der Waals surface area contributed by atoms with Crippen LogP contribution < -0.4 is 10.6 Å². The minimum absolute atomic E-state index is 0.138. The zero-order valence-electron chi connectivity index (χ0n) is 14.2. The van der Waals surface area contributed by atoms with Gasteiger partial charge in [-0.3, -0.25) is 4.79 Å². The summed E-state index contributed by atoms with van der Waals surface area (Å²) in [7, 11) is 0. The Morgan fingerprint density at radius 1 is 1.18 bits per heavy atom. The van der Waals surface area contributed by atoms with Gasteiger partial charge in [0.25, 0.3) is 0 Å². The quantitative estimate of drug-likeness (QED) is 0.809. The van der Waals surface area contributed by atoms with E-state index in [0.29, 0.717) is 12.5 Å². The molecule has 1 aliphatic rings. The number of benzene rings is 1. The van der Waals surface area contributed by atoms with Crippen LogP contribution in [0.3, 0.4) is 0 Å². The highest BCUT2D eigenvalue weighted by molar-refractivity contribution is 5.76. The minimum atomic E-state index is 0.138. The molecule has 0 spiro atoms. The fraction of sp³-hybridized carbons (Fsp3) is 0.632. The van der Waals surface area contributed by atoms with E-state index in [1.54, 1.807) is 0 Å². The van der Waals surface area contributed by atoms with E-state index in [9.17, 15) is 4.79 Å². The standard InChI is InChI=1S/C19H30N2O/c1-4-14(2)21-19(22)11-12-20-15(3)17-10-9-16-7-5-6-8-18(16)13-17/h9-10,13-15,20H,4-8,11-12H2,1-3H3,(H,21,22). The lowest BCUT2D eigenvalue weighted by atomic mass is 9.89. The highest BCUT2D eigenvalue weighted by atomic mass is 16.1. The van der Waals surface area contributed by atoms with Crippen LogP contribution in [0.5, 0.6) is 0 Å². The number of amides is 1. The average molecular weight is 302 g/mol. The average Bonchev–Trinajstić information content (AvgIpc) is 2.54. The summed E-state index contributed by atoms with van der Waals surface area (Å²) in [4.78, 5) is 11.8. The monoisotopic (exact) mass is 302 g/mol. The number of aryl methyl sites for hydroxylation is 2. The topological polar surface area (TPSA) is 41.1 Å². The summed E-state index contributed by atoms with van der Waals surface area (Å²) in [5.41, 5.74) is 4.38. The predicted molar refractivity (Wildman–Crippen MR) is 92.0 cm³/mol. The van der Waals surface area contributed by atoms with E-state index in [0.717, 1.165) is 13.0 Å². The van der Waals surface area contributed by atoms with E-state index >= 15 is 0 Å². The zero-order chi connectivity index (χ0) is 15.9. The first-order valence-electron chi connectivity index (χ1n) is 8.74. The highest BCUT2D eigenvalue weighted by Crippen LogP contribution is 2.24. The molecule has 3 heteroatoms. The first-order valence-corrected chi connectivity index (χ1v) is 8.74. The number of nitrogens with one attached hydrogen (secondary N) is 2.